The van der Waals surface area contributed by atoms with Gasteiger partial charge in [-0.25, -0.2) is 9.37 Å². The third-order valence-corrected chi connectivity index (χ3v) is 7.77. The molecule has 4 heterocycles. The Labute approximate surface area is 191 Å². The van der Waals surface area contributed by atoms with Crippen molar-refractivity contribution in [3.63, 3.8) is 0 Å². The first kappa shape index (κ1) is 21.1. The van der Waals surface area contributed by atoms with E-state index >= 15 is 0 Å². The summed E-state index contributed by atoms with van der Waals surface area (Å²) in [6, 6.07) is 12.0. The molecule has 2 bridgehead atoms. The molecular weight excluding hydrogens is 425 g/mol. The molecule has 2 aliphatic heterocycles. The standard InChI is InChI=1S/C25H26FN3O2S/c1-14-5-4-6-21(27-14)24-23(28-16(3)32-24)25(30)29-19-11-17(12-19)15(2)22(29)13-31-20-9-7-18(26)8-10-20/h4-10,15,17,19,22H,11-13H2,1-3H3/t15-,17?,19?,22?/m1/s1. The maximum atomic E-state index is 13.9. The lowest BCUT2D eigenvalue weighted by Crippen LogP contribution is -2.64. The molecular formula is C25H26FN3O2S. The highest BCUT2D eigenvalue weighted by molar-refractivity contribution is 7.15. The Hall–Kier alpha value is -2.80. The van der Waals surface area contributed by atoms with Crippen molar-refractivity contribution in [2.45, 2.75) is 45.7 Å². The molecule has 166 valence electrons. The summed E-state index contributed by atoms with van der Waals surface area (Å²) in [7, 11) is 0. The predicted molar refractivity (Wildman–Crippen MR) is 122 cm³/mol. The van der Waals surface area contributed by atoms with Gasteiger partial charge in [0.25, 0.3) is 5.91 Å². The fourth-order valence-electron chi connectivity index (χ4n) is 4.92. The molecule has 1 aliphatic carbocycles. The number of piperidine rings is 2. The number of hydrogen-bond donors (Lipinski definition) is 0. The summed E-state index contributed by atoms with van der Waals surface area (Å²) in [5.41, 5.74) is 2.18. The number of aromatic nitrogens is 2. The molecule has 5 nitrogen and oxygen atoms in total. The summed E-state index contributed by atoms with van der Waals surface area (Å²) in [6.07, 6.45) is 2.06. The third-order valence-electron chi connectivity index (χ3n) is 6.78. The van der Waals surface area contributed by atoms with E-state index in [1.807, 2.05) is 36.9 Å². The average molecular weight is 452 g/mol. The number of fused-ring (bicyclic) bond motifs is 2. The number of carbonyl (C=O) groups is 1. The average Bonchev–Trinajstić information content (AvgIpc) is 3.14. The molecule has 3 aromatic rings. The predicted octanol–water partition coefficient (Wildman–Crippen LogP) is 5.28. The van der Waals surface area contributed by atoms with E-state index in [-0.39, 0.29) is 23.8 Å². The van der Waals surface area contributed by atoms with Gasteiger partial charge in [0, 0.05) is 11.7 Å². The molecule has 1 unspecified atom stereocenters. The van der Waals surface area contributed by atoms with E-state index < -0.39 is 0 Å². The molecule has 1 saturated carbocycles. The van der Waals surface area contributed by atoms with Crippen LogP contribution in [0.4, 0.5) is 4.39 Å². The van der Waals surface area contributed by atoms with Crippen LogP contribution in [0, 0.1) is 31.5 Å². The van der Waals surface area contributed by atoms with E-state index in [1.54, 1.807) is 12.1 Å². The zero-order valence-electron chi connectivity index (χ0n) is 18.4. The zero-order valence-corrected chi connectivity index (χ0v) is 19.2. The fourth-order valence-corrected chi connectivity index (χ4v) is 5.80. The van der Waals surface area contributed by atoms with Crippen molar-refractivity contribution in [3.8, 4) is 16.3 Å². The highest BCUT2D eigenvalue weighted by atomic mass is 32.1. The van der Waals surface area contributed by atoms with Gasteiger partial charge in [0.1, 0.15) is 23.9 Å². The zero-order chi connectivity index (χ0) is 22.4. The number of nitrogens with zero attached hydrogens (tertiary/aromatic N) is 3. The molecule has 2 saturated heterocycles. The Bertz CT molecular complexity index is 1140. The summed E-state index contributed by atoms with van der Waals surface area (Å²) < 4.78 is 19.2. The second-order valence-electron chi connectivity index (χ2n) is 8.86. The summed E-state index contributed by atoms with van der Waals surface area (Å²) in [4.78, 5) is 26.0. The van der Waals surface area contributed by atoms with Gasteiger partial charge in [0.15, 0.2) is 0 Å². The van der Waals surface area contributed by atoms with Crippen LogP contribution in [0.25, 0.3) is 10.6 Å². The smallest absolute Gasteiger partial charge is 0.274 e. The molecule has 6 rings (SSSR count). The minimum Gasteiger partial charge on any atom is -0.491 e. The molecule has 3 fully saturated rings. The first-order valence-corrected chi connectivity index (χ1v) is 11.8. The summed E-state index contributed by atoms with van der Waals surface area (Å²) >= 11 is 1.51. The van der Waals surface area contributed by atoms with E-state index in [1.165, 1.54) is 23.5 Å². The van der Waals surface area contributed by atoms with E-state index in [0.29, 0.717) is 29.9 Å². The molecule has 0 N–H and O–H groups in total. The minimum absolute atomic E-state index is 0.0460. The lowest BCUT2D eigenvalue weighted by molar-refractivity contribution is -0.0672. The second kappa shape index (κ2) is 8.28. The Morgan fingerprint density at radius 3 is 2.62 bits per heavy atom. The number of rotatable bonds is 5. The SMILES string of the molecule is Cc1cccc(-c2sc(C)nc2C(=O)N2C3CC(C3)[C@@H](C)C2COc2ccc(F)cc2)n1. The lowest BCUT2D eigenvalue weighted by atomic mass is 9.64. The number of thiazole rings is 1. The lowest BCUT2D eigenvalue weighted by Gasteiger charge is -2.57. The summed E-state index contributed by atoms with van der Waals surface area (Å²) in [6.45, 7) is 6.46. The van der Waals surface area contributed by atoms with E-state index in [9.17, 15) is 9.18 Å². The van der Waals surface area contributed by atoms with Crippen LogP contribution < -0.4 is 4.74 Å². The third kappa shape index (κ3) is 3.79. The van der Waals surface area contributed by atoms with Gasteiger partial charge in [0.2, 0.25) is 0 Å². The van der Waals surface area contributed by atoms with Gasteiger partial charge in [-0.2, -0.15) is 0 Å². The van der Waals surface area contributed by atoms with E-state index in [4.69, 9.17) is 4.74 Å². The van der Waals surface area contributed by atoms with Crippen molar-refractivity contribution in [3.05, 3.63) is 64.7 Å². The maximum Gasteiger partial charge on any atom is 0.274 e. The minimum atomic E-state index is -0.294. The number of hydrogen-bond acceptors (Lipinski definition) is 5. The van der Waals surface area contributed by atoms with Crippen LogP contribution in [-0.2, 0) is 0 Å². The van der Waals surface area contributed by atoms with Gasteiger partial charge in [-0.15, -0.1) is 11.3 Å². The number of ether oxygens (including phenoxy) is 1. The van der Waals surface area contributed by atoms with Crippen LogP contribution in [0.15, 0.2) is 42.5 Å². The molecule has 2 aromatic heterocycles. The van der Waals surface area contributed by atoms with E-state index in [2.05, 4.69) is 16.9 Å². The van der Waals surface area contributed by atoms with E-state index in [0.717, 1.165) is 34.1 Å². The molecule has 0 radical (unpaired) electrons. The van der Waals surface area contributed by atoms with Crippen molar-refractivity contribution in [2.24, 2.45) is 11.8 Å². The number of aryl methyl sites for hydroxylation is 2. The van der Waals surface area contributed by atoms with Crippen molar-refractivity contribution in [1.29, 1.82) is 0 Å². The van der Waals surface area contributed by atoms with Gasteiger partial charge in [-0.05, 0) is 74.9 Å². The van der Waals surface area contributed by atoms with Crippen LogP contribution in [0.3, 0.4) is 0 Å². The number of halogens is 1. The first-order valence-electron chi connectivity index (χ1n) is 11.0. The van der Waals surface area contributed by atoms with Crippen LogP contribution in [0.2, 0.25) is 0 Å². The Kier molecular flexibility index (Phi) is 5.45. The van der Waals surface area contributed by atoms with Gasteiger partial charge in [0.05, 0.1) is 21.6 Å². The van der Waals surface area contributed by atoms with Crippen LogP contribution in [0.1, 0.15) is 41.0 Å². The molecule has 1 aromatic carbocycles. The Morgan fingerprint density at radius 2 is 1.91 bits per heavy atom. The van der Waals surface area contributed by atoms with Crippen molar-refractivity contribution in [1.82, 2.24) is 14.9 Å². The molecule has 1 amide bonds. The summed E-state index contributed by atoms with van der Waals surface area (Å²) in [5, 5.41) is 0.849. The number of amides is 1. The van der Waals surface area contributed by atoms with Crippen molar-refractivity contribution >= 4 is 17.2 Å². The number of pyridine rings is 1. The monoisotopic (exact) mass is 451 g/mol. The van der Waals surface area contributed by atoms with Crippen LogP contribution >= 0.6 is 11.3 Å². The van der Waals surface area contributed by atoms with Crippen molar-refractivity contribution in [2.75, 3.05) is 6.61 Å². The molecule has 2 atom stereocenters. The fraction of sp³-hybridized carbons (Fsp3) is 0.400. The van der Waals surface area contributed by atoms with Crippen LogP contribution in [-0.4, -0.2) is 39.5 Å². The molecule has 3 aliphatic rings. The van der Waals surface area contributed by atoms with Gasteiger partial charge in [-0.1, -0.05) is 13.0 Å². The highest BCUT2D eigenvalue weighted by Crippen LogP contribution is 2.47. The highest BCUT2D eigenvalue weighted by Gasteiger charge is 2.51. The largest absolute Gasteiger partial charge is 0.491 e. The number of benzene rings is 1. The maximum absolute atomic E-state index is 13.9. The number of carbonyl (C=O) groups excluding carboxylic acids is 1. The van der Waals surface area contributed by atoms with Crippen molar-refractivity contribution < 1.29 is 13.9 Å². The van der Waals surface area contributed by atoms with Gasteiger partial charge >= 0.3 is 0 Å². The molecule has 32 heavy (non-hydrogen) atoms. The summed E-state index contributed by atoms with van der Waals surface area (Å²) in [5.74, 6) is 1.21. The normalized spacial score (nSPS) is 24.2. The molecule has 0 spiro atoms. The quantitative estimate of drug-likeness (QED) is 0.530. The Morgan fingerprint density at radius 1 is 1.16 bits per heavy atom. The topological polar surface area (TPSA) is 55.3 Å². The molecule has 7 heteroatoms. The Balaban J connectivity index is 1.44. The first-order chi connectivity index (χ1) is 15.4. The van der Waals surface area contributed by atoms with Gasteiger partial charge in [-0.3, -0.25) is 9.78 Å². The van der Waals surface area contributed by atoms with Gasteiger partial charge < -0.3 is 9.64 Å². The van der Waals surface area contributed by atoms with Crippen LogP contribution in [0.5, 0.6) is 5.75 Å². The second-order valence-corrected chi connectivity index (χ2v) is 10.1.